The average molecular weight is 551 g/mol. The molecule has 2 heterocycles. The van der Waals surface area contributed by atoms with Crippen LogP contribution in [0, 0.1) is 11.6 Å². The average Bonchev–Trinajstić information content (AvgIpc) is 2.80. The minimum absolute atomic E-state index is 0.0545. The lowest BCUT2D eigenvalue weighted by Gasteiger charge is -2.32. The Morgan fingerprint density at radius 1 is 1.06 bits per heavy atom. The van der Waals surface area contributed by atoms with E-state index in [0.717, 1.165) is 17.8 Å². The summed E-state index contributed by atoms with van der Waals surface area (Å²) in [6.07, 6.45) is 2.50. The zero-order valence-corrected chi connectivity index (χ0v) is 20.2. The van der Waals surface area contributed by atoms with Gasteiger partial charge in [-0.2, -0.15) is 0 Å². The van der Waals surface area contributed by atoms with E-state index < -0.39 is 20.9 Å². The molecule has 11 heteroatoms. The maximum Gasteiger partial charge on any atom is 0.257 e. The summed E-state index contributed by atoms with van der Waals surface area (Å²) < 4.78 is 51.8. The number of hydrogen-bond donors (Lipinski definition) is 2. The summed E-state index contributed by atoms with van der Waals surface area (Å²) in [7, 11) is -4.15. The van der Waals surface area contributed by atoms with E-state index in [-0.39, 0.29) is 34.6 Å². The van der Waals surface area contributed by atoms with Gasteiger partial charge < -0.3 is 10.2 Å². The summed E-state index contributed by atoms with van der Waals surface area (Å²) in [4.78, 5) is 18.8. The smallest absolute Gasteiger partial charge is 0.257 e. The molecule has 0 atom stereocenters. The summed E-state index contributed by atoms with van der Waals surface area (Å²) >= 11 is 3.18. The van der Waals surface area contributed by atoms with Crippen LogP contribution in [-0.2, 0) is 10.0 Å². The van der Waals surface area contributed by atoms with Gasteiger partial charge in [-0.05, 0) is 54.7 Å². The van der Waals surface area contributed by atoms with Crippen LogP contribution in [0.2, 0.25) is 0 Å². The van der Waals surface area contributed by atoms with Crippen molar-refractivity contribution in [3.63, 3.8) is 0 Å². The largest absolute Gasteiger partial charge is 0.352 e. The number of primary sulfonamides is 1. The summed E-state index contributed by atoms with van der Waals surface area (Å²) in [5, 5.41) is 7.56. The summed E-state index contributed by atoms with van der Waals surface area (Å²) in [5.41, 5.74) is 1.24. The van der Waals surface area contributed by atoms with Crippen LogP contribution in [0.25, 0.3) is 0 Å². The maximum absolute atomic E-state index is 14.4. The lowest BCUT2D eigenvalue weighted by molar-refractivity contribution is 0.0713. The highest BCUT2D eigenvalue weighted by molar-refractivity contribution is 9.10. The van der Waals surface area contributed by atoms with Crippen molar-refractivity contribution in [1.29, 1.82) is 0 Å². The molecule has 1 aliphatic rings. The van der Waals surface area contributed by atoms with Crippen LogP contribution in [0.15, 0.2) is 64.2 Å². The van der Waals surface area contributed by atoms with Crippen molar-refractivity contribution in [1.82, 2.24) is 9.88 Å². The second-order valence-electron chi connectivity index (χ2n) is 7.98. The Bertz CT molecular complexity index is 1330. The molecule has 1 fully saturated rings. The van der Waals surface area contributed by atoms with Crippen LogP contribution < -0.4 is 10.5 Å². The van der Waals surface area contributed by atoms with Gasteiger partial charge in [-0.1, -0.05) is 28.1 Å². The van der Waals surface area contributed by atoms with E-state index in [4.69, 9.17) is 5.14 Å². The summed E-state index contributed by atoms with van der Waals surface area (Å²) in [6, 6.07) is 11.8. The number of nitrogens with one attached hydrogen (secondary N) is 1. The number of hydrogen-bond acceptors (Lipinski definition) is 5. The van der Waals surface area contributed by atoms with Crippen LogP contribution in [0.4, 0.5) is 20.2 Å². The molecular weight excluding hydrogens is 530 g/mol. The first-order valence-corrected chi connectivity index (χ1v) is 12.8. The summed E-state index contributed by atoms with van der Waals surface area (Å²) in [5.74, 6) is -1.07. The molecule has 1 aliphatic heterocycles. The SMILES string of the molecule is NS(=O)(=O)c1cc(Nc2ccc(Br)cc2F)c(C(=O)N2CCC(c3ccc(F)cc3)CC2)cn1. The topological polar surface area (TPSA) is 105 Å². The molecule has 1 amide bonds. The number of halogens is 3. The van der Waals surface area contributed by atoms with Gasteiger partial charge in [0.15, 0.2) is 5.03 Å². The molecule has 2 aromatic carbocycles. The number of pyridine rings is 1. The van der Waals surface area contributed by atoms with Gasteiger partial charge in [0.25, 0.3) is 15.9 Å². The van der Waals surface area contributed by atoms with E-state index in [1.54, 1.807) is 23.1 Å². The van der Waals surface area contributed by atoms with Gasteiger partial charge in [-0.3, -0.25) is 4.79 Å². The number of sulfonamides is 1. The molecule has 4 rings (SSSR count). The second-order valence-corrected chi connectivity index (χ2v) is 10.4. The zero-order chi connectivity index (χ0) is 24.5. The van der Waals surface area contributed by atoms with Gasteiger partial charge >= 0.3 is 0 Å². The fourth-order valence-corrected chi connectivity index (χ4v) is 4.74. The highest BCUT2D eigenvalue weighted by Gasteiger charge is 2.27. The van der Waals surface area contributed by atoms with Gasteiger partial charge in [0.2, 0.25) is 0 Å². The predicted octanol–water partition coefficient (Wildman–Crippen LogP) is 4.53. The van der Waals surface area contributed by atoms with Crippen molar-refractivity contribution in [3.8, 4) is 0 Å². The predicted molar refractivity (Wildman–Crippen MR) is 127 cm³/mol. The minimum atomic E-state index is -4.15. The van der Waals surface area contributed by atoms with E-state index >= 15 is 0 Å². The van der Waals surface area contributed by atoms with Gasteiger partial charge in [-0.25, -0.2) is 27.3 Å². The molecule has 3 N–H and O–H groups in total. The van der Waals surface area contributed by atoms with Crippen LogP contribution in [0.1, 0.15) is 34.7 Å². The Morgan fingerprint density at radius 2 is 1.74 bits per heavy atom. The third-order valence-electron chi connectivity index (χ3n) is 5.72. The molecule has 1 saturated heterocycles. The molecule has 0 saturated carbocycles. The van der Waals surface area contributed by atoms with E-state index in [1.165, 1.54) is 24.3 Å². The van der Waals surface area contributed by atoms with Crippen molar-refractivity contribution >= 4 is 43.2 Å². The molecule has 34 heavy (non-hydrogen) atoms. The van der Waals surface area contributed by atoms with E-state index in [2.05, 4.69) is 26.2 Å². The summed E-state index contributed by atoms with van der Waals surface area (Å²) in [6.45, 7) is 0.897. The van der Waals surface area contributed by atoms with E-state index in [0.29, 0.717) is 30.4 Å². The fourth-order valence-electron chi connectivity index (χ4n) is 3.92. The van der Waals surface area contributed by atoms with Crippen LogP contribution in [0.3, 0.4) is 0 Å². The number of nitrogens with two attached hydrogens (primary N) is 1. The molecule has 3 aromatic rings. The van der Waals surface area contributed by atoms with Gasteiger partial charge in [0.05, 0.1) is 16.9 Å². The minimum Gasteiger partial charge on any atom is -0.352 e. The van der Waals surface area contributed by atoms with Gasteiger partial charge in [0, 0.05) is 29.8 Å². The monoisotopic (exact) mass is 550 g/mol. The fraction of sp³-hybridized carbons (Fsp3) is 0.217. The van der Waals surface area contributed by atoms with Crippen LogP contribution in [0.5, 0.6) is 0 Å². The van der Waals surface area contributed by atoms with Crippen molar-refractivity contribution in [3.05, 3.63) is 82.0 Å². The Morgan fingerprint density at radius 3 is 2.35 bits per heavy atom. The highest BCUT2D eigenvalue weighted by Crippen LogP contribution is 2.31. The standard InChI is InChI=1S/C23H21BrF2N4O3S/c24-16-3-6-20(19(26)11-16)29-21-12-22(34(27,32)33)28-13-18(21)23(31)30-9-7-15(8-10-30)14-1-4-17(25)5-2-14/h1-6,11-13,15H,7-10H2,(H,28,29)(H2,27,32,33). The Balaban J connectivity index is 1.58. The Hall–Kier alpha value is -2.89. The number of benzene rings is 2. The quantitative estimate of drug-likeness (QED) is 0.485. The highest BCUT2D eigenvalue weighted by atomic mass is 79.9. The van der Waals surface area contributed by atoms with Crippen molar-refractivity contribution in [2.45, 2.75) is 23.8 Å². The molecular formula is C23H21BrF2N4O3S. The van der Waals surface area contributed by atoms with Crippen molar-refractivity contribution < 1.29 is 22.0 Å². The first kappa shape index (κ1) is 24.2. The first-order valence-electron chi connectivity index (χ1n) is 10.4. The number of carbonyl (C=O) groups is 1. The lowest BCUT2D eigenvalue weighted by Crippen LogP contribution is -2.38. The number of rotatable bonds is 5. The number of carbonyl (C=O) groups excluding carboxylic acids is 1. The molecule has 0 radical (unpaired) electrons. The zero-order valence-electron chi connectivity index (χ0n) is 17.8. The number of aromatic nitrogens is 1. The molecule has 0 unspecified atom stereocenters. The molecule has 1 aromatic heterocycles. The van der Waals surface area contributed by atoms with E-state index in [9.17, 15) is 22.0 Å². The molecule has 178 valence electrons. The van der Waals surface area contributed by atoms with E-state index in [1.807, 2.05) is 0 Å². The molecule has 0 bridgehead atoms. The third kappa shape index (κ3) is 5.43. The number of amides is 1. The Labute approximate surface area is 204 Å². The van der Waals surface area contributed by atoms with Gasteiger partial charge in [0.1, 0.15) is 11.6 Å². The maximum atomic E-state index is 14.4. The molecule has 0 spiro atoms. The molecule has 0 aliphatic carbocycles. The van der Waals surface area contributed by atoms with Gasteiger partial charge in [-0.15, -0.1) is 0 Å². The number of piperidine rings is 1. The lowest BCUT2D eigenvalue weighted by atomic mass is 9.89. The van der Waals surface area contributed by atoms with Crippen LogP contribution in [-0.4, -0.2) is 37.3 Å². The van der Waals surface area contributed by atoms with Crippen molar-refractivity contribution in [2.75, 3.05) is 18.4 Å². The number of likely N-dealkylation sites (tertiary alicyclic amines) is 1. The van der Waals surface area contributed by atoms with Crippen LogP contribution >= 0.6 is 15.9 Å². The first-order chi connectivity index (χ1) is 16.1. The number of anilines is 2. The third-order valence-corrected chi connectivity index (χ3v) is 7.02. The molecule has 7 nitrogen and oxygen atoms in total. The second kappa shape index (κ2) is 9.77. The number of nitrogens with zero attached hydrogens (tertiary/aromatic N) is 2. The normalized spacial score (nSPS) is 14.8. The van der Waals surface area contributed by atoms with Crippen molar-refractivity contribution in [2.24, 2.45) is 5.14 Å². The Kier molecular flexibility index (Phi) is 6.96.